The van der Waals surface area contributed by atoms with Crippen LogP contribution < -0.4 is 5.32 Å². The minimum absolute atomic E-state index is 0.0580. The minimum Gasteiger partial charge on any atom is -0.340 e. The van der Waals surface area contributed by atoms with Crippen molar-refractivity contribution in [3.63, 3.8) is 0 Å². The van der Waals surface area contributed by atoms with E-state index >= 15 is 0 Å². The Labute approximate surface area is 165 Å². The summed E-state index contributed by atoms with van der Waals surface area (Å²) in [7, 11) is 3.50. The van der Waals surface area contributed by atoms with Crippen molar-refractivity contribution in [1.29, 1.82) is 0 Å². The summed E-state index contributed by atoms with van der Waals surface area (Å²) in [6.45, 7) is 4.70. The molecule has 0 saturated heterocycles. The highest BCUT2D eigenvalue weighted by molar-refractivity contribution is 6.30. The van der Waals surface area contributed by atoms with Gasteiger partial charge in [-0.3, -0.25) is 14.5 Å². The van der Waals surface area contributed by atoms with Gasteiger partial charge < -0.3 is 10.2 Å². The zero-order chi connectivity index (χ0) is 20.0. The fourth-order valence-corrected chi connectivity index (χ4v) is 3.05. The molecule has 0 aliphatic rings. The van der Waals surface area contributed by atoms with Crippen molar-refractivity contribution in [2.75, 3.05) is 32.5 Å². The van der Waals surface area contributed by atoms with Crippen molar-refractivity contribution in [1.82, 2.24) is 9.80 Å². The number of benzene rings is 2. The summed E-state index contributed by atoms with van der Waals surface area (Å²) < 4.78 is 0. The van der Waals surface area contributed by atoms with E-state index < -0.39 is 0 Å². The SMILES string of the molecule is Cc1cccc(C)c1NC(=O)CN(C)CC(=O)N(C)Cc1cccc(Cl)c1. The van der Waals surface area contributed by atoms with Crippen LogP contribution in [0.5, 0.6) is 0 Å². The average Bonchev–Trinajstić information content (AvgIpc) is 2.58. The molecular formula is C21H26ClN3O2. The quantitative estimate of drug-likeness (QED) is 0.791. The predicted octanol–water partition coefficient (Wildman–Crippen LogP) is 3.49. The van der Waals surface area contributed by atoms with Gasteiger partial charge in [-0.2, -0.15) is 0 Å². The van der Waals surface area contributed by atoms with Crippen LogP contribution in [0.4, 0.5) is 5.69 Å². The van der Waals surface area contributed by atoms with E-state index in [1.807, 2.05) is 50.2 Å². The Morgan fingerprint density at radius 2 is 1.63 bits per heavy atom. The van der Waals surface area contributed by atoms with E-state index in [1.165, 1.54) is 0 Å². The van der Waals surface area contributed by atoms with Crippen LogP contribution in [-0.4, -0.2) is 48.8 Å². The molecule has 0 radical (unpaired) electrons. The average molecular weight is 388 g/mol. The monoisotopic (exact) mass is 387 g/mol. The van der Waals surface area contributed by atoms with E-state index in [9.17, 15) is 9.59 Å². The van der Waals surface area contributed by atoms with E-state index in [1.54, 1.807) is 30.0 Å². The first kappa shape index (κ1) is 20.9. The van der Waals surface area contributed by atoms with Gasteiger partial charge in [0.05, 0.1) is 13.1 Å². The Balaban J connectivity index is 1.86. The largest absolute Gasteiger partial charge is 0.340 e. The highest BCUT2D eigenvalue weighted by Crippen LogP contribution is 2.19. The number of aryl methyl sites for hydroxylation is 2. The summed E-state index contributed by atoms with van der Waals surface area (Å²) in [6, 6.07) is 13.3. The zero-order valence-corrected chi connectivity index (χ0v) is 17.0. The number of carbonyl (C=O) groups is 2. The molecule has 27 heavy (non-hydrogen) atoms. The lowest BCUT2D eigenvalue weighted by Crippen LogP contribution is -2.39. The van der Waals surface area contributed by atoms with Crippen LogP contribution in [-0.2, 0) is 16.1 Å². The highest BCUT2D eigenvalue weighted by Gasteiger charge is 2.15. The number of hydrogen-bond donors (Lipinski definition) is 1. The molecule has 0 saturated carbocycles. The molecule has 0 aromatic heterocycles. The summed E-state index contributed by atoms with van der Waals surface area (Å²) in [4.78, 5) is 28.1. The highest BCUT2D eigenvalue weighted by atomic mass is 35.5. The van der Waals surface area contributed by atoms with Gasteiger partial charge in [0, 0.05) is 24.3 Å². The lowest BCUT2D eigenvalue weighted by molar-refractivity contribution is -0.131. The molecule has 0 spiro atoms. The Hall–Kier alpha value is -2.37. The van der Waals surface area contributed by atoms with Gasteiger partial charge in [0.15, 0.2) is 0 Å². The molecule has 2 aromatic rings. The Kier molecular flexibility index (Phi) is 7.39. The van der Waals surface area contributed by atoms with Crippen molar-refractivity contribution in [3.05, 3.63) is 64.2 Å². The van der Waals surface area contributed by atoms with Gasteiger partial charge >= 0.3 is 0 Å². The fraction of sp³-hybridized carbons (Fsp3) is 0.333. The summed E-state index contributed by atoms with van der Waals surface area (Å²) in [5.41, 5.74) is 3.83. The van der Waals surface area contributed by atoms with Crippen LogP contribution in [0.15, 0.2) is 42.5 Å². The molecular weight excluding hydrogens is 362 g/mol. The molecule has 2 rings (SSSR count). The molecule has 144 valence electrons. The second-order valence-corrected chi connectivity index (χ2v) is 7.30. The summed E-state index contributed by atoms with van der Waals surface area (Å²) in [6.07, 6.45) is 0. The van der Waals surface area contributed by atoms with Crippen LogP contribution in [0.1, 0.15) is 16.7 Å². The third-order valence-corrected chi connectivity index (χ3v) is 4.53. The number of nitrogens with one attached hydrogen (secondary N) is 1. The molecule has 0 aliphatic carbocycles. The lowest BCUT2D eigenvalue weighted by Gasteiger charge is -2.22. The maximum absolute atomic E-state index is 12.4. The van der Waals surface area contributed by atoms with Crippen molar-refractivity contribution < 1.29 is 9.59 Å². The lowest BCUT2D eigenvalue weighted by atomic mass is 10.1. The van der Waals surface area contributed by atoms with Gasteiger partial charge in [0.25, 0.3) is 0 Å². The van der Waals surface area contributed by atoms with E-state index in [-0.39, 0.29) is 24.9 Å². The third-order valence-electron chi connectivity index (χ3n) is 4.30. The van der Waals surface area contributed by atoms with Gasteiger partial charge in [0.1, 0.15) is 0 Å². The summed E-state index contributed by atoms with van der Waals surface area (Å²) in [5.74, 6) is -0.197. The molecule has 0 aliphatic heterocycles. The number of para-hydroxylation sites is 1. The van der Waals surface area contributed by atoms with Gasteiger partial charge in [-0.05, 0) is 49.7 Å². The third kappa shape index (κ3) is 6.38. The first-order valence-electron chi connectivity index (χ1n) is 8.79. The molecule has 0 heterocycles. The van der Waals surface area contributed by atoms with Crippen LogP contribution in [0.25, 0.3) is 0 Å². The Morgan fingerprint density at radius 3 is 2.26 bits per heavy atom. The second-order valence-electron chi connectivity index (χ2n) is 6.87. The van der Waals surface area contributed by atoms with Crippen LogP contribution >= 0.6 is 11.6 Å². The Morgan fingerprint density at radius 1 is 1.00 bits per heavy atom. The standard InChI is InChI=1S/C21H26ClN3O2/c1-15-7-5-8-16(2)21(15)23-19(26)13-24(3)14-20(27)25(4)12-17-9-6-10-18(22)11-17/h5-11H,12-14H2,1-4H3,(H,23,26). The van der Waals surface area contributed by atoms with Crippen LogP contribution in [0.2, 0.25) is 5.02 Å². The van der Waals surface area contributed by atoms with Crippen LogP contribution in [0.3, 0.4) is 0 Å². The maximum Gasteiger partial charge on any atom is 0.238 e. The molecule has 6 heteroatoms. The zero-order valence-electron chi connectivity index (χ0n) is 16.3. The van der Waals surface area contributed by atoms with Crippen LogP contribution in [0, 0.1) is 13.8 Å². The van der Waals surface area contributed by atoms with Gasteiger partial charge in [-0.1, -0.05) is 41.9 Å². The maximum atomic E-state index is 12.4. The Bertz CT molecular complexity index is 803. The van der Waals surface area contributed by atoms with Crippen molar-refractivity contribution >= 4 is 29.1 Å². The van der Waals surface area contributed by atoms with Gasteiger partial charge in [-0.25, -0.2) is 0 Å². The molecule has 0 atom stereocenters. The van der Waals surface area contributed by atoms with E-state index in [0.717, 1.165) is 22.4 Å². The van der Waals surface area contributed by atoms with Crippen molar-refractivity contribution in [3.8, 4) is 0 Å². The van der Waals surface area contributed by atoms with E-state index in [0.29, 0.717) is 11.6 Å². The molecule has 0 unspecified atom stereocenters. The predicted molar refractivity (Wildman–Crippen MR) is 110 cm³/mol. The van der Waals surface area contributed by atoms with E-state index in [2.05, 4.69) is 5.32 Å². The van der Waals surface area contributed by atoms with Crippen molar-refractivity contribution in [2.45, 2.75) is 20.4 Å². The summed E-state index contributed by atoms with van der Waals surface area (Å²) in [5, 5.41) is 3.58. The fourth-order valence-electron chi connectivity index (χ4n) is 2.84. The molecule has 0 fully saturated rings. The summed E-state index contributed by atoms with van der Waals surface area (Å²) >= 11 is 5.98. The number of halogens is 1. The molecule has 2 aromatic carbocycles. The van der Waals surface area contributed by atoms with E-state index in [4.69, 9.17) is 11.6 Å². The van der Waals surface area contributed by atoms with Gasteiger partial charge in [-0.15, -0.1) is 0 Å². The number of likely N-dealkylation sites (N-methyl/N-ethyl adjacent to an activating group) is 2. The second kappa shape index (κ2) is 9.53. The number of amides is 2. The number of nitrogens with zero attached hydrogens (tertiary/aromatic N) is 2. The minimum atomic E-state index is -0.139. The number of carbonyl (C=O) groups excluding carboxylic acids is 2. The molecule has 2 amide bonds. The molecule has 1 N–H and O–H groups in total. The normalized spacial score (nSPS) is 10.7. The smallest absolute Gasteiger partial charge is 0.238 e. The topological polar surface area (TPSA) is 52.7 Å². The number of hydrogen-bond acceptors (Lipinski definition) is 3. The molecule has 0 bridgehead atoms. The van der Waals surface area contributed by atoms with Crippen molar-refractivity contribution in [2.24, 2.45) is 0 Å². The number of rotatable bonds is 7. The first-order valence-corrected chi connectivity index (χ1v) is 9.17. The number of anilines is 1. The first-order chi connectivity index (χ1) is 12.8. The molecule has 5 nitrogen and oxygen atoms in total. The van der Waals surface area contributed by atoms with Gasteiger partial charge in [0.2, 0.25) is 11.8 Å².